The second-order valence-corrected chi connectivity index (χ2v) is 6.58. The quantitative estimate of drug-likeness (QED) is 0.867. The Morgan fingerprint density at radius 3 is 2.58 bits per heavy atom. The maximum atomic E-state index is 13.1. The van der Waals surface area contributed by atoms with Gasteiger partial charge in [0, 0.05) is 24.7 Å². The lowest BCUT2D eigenvalue weighted by Gasteiger charge is -2.28. The Morgan fingerprint density at radius 2 is 1.96 bits per heavy atom. The van der Waals surface area contributed by atoms with Crippen molar-refractivity contribution < 1.29 is 4.79 Å². The standard InChI is InChI=1S/C19H24N4O/c1-5-17-20-10-15-11-23(12-16(15)21-17)19(24)18(22(3)4)14-8-6-13(2)7-9-14/h6-10,18H,5,11-12H2,1-4H3/t18-/m1/s1. The van der Waals surface area contributed by atoms with Crippen LogP contribution in [0.25, 0.3) is 0 Å². The van der Waals surface area contributed by atoms with Crippen molar-refractivity contribution in [3.63, 3.8) is 0 Å². The van der Waals surface area contributed by atoms with E-state index in [1.54, 1.807) is 0 Å². The van der Waals surface area contributed by atoms with Crippen molar-refractivity contribution in [3.05, 3.63) is 58.7 Å². The lowest BCUT2D eigenvalue weighted by Crippen LogP contribution is -2.37. The SMILES string of the molecule is CCc1ncc2c(n1)CN(C(=O)[C@@H](c1ccc(C)cc1)N(C)C)C2. The van der Waals surface area contributed by atoms with E-state index in [1.165, 1.54) is 5.56 Å². The van der Waals surface area contributed by atoms with Crippen LogP contribution in [0.1, 0.15) is 41.2 Å². The number of amides is 1. The predicted molar refractivity (Wildman–Crippen MR) is 93.3 cm³/mol. The van der Waals surface area contributed by atoms with Crippen LogP contribution in [0.4, 0.5) is 0 Å². The molecule has 0 spiro atoms. The summed E-state index contributed by atoms with van der Waals surface area (Å²) in [6, 6.07) is 7.90. The number of benzene rings is 1. The minimum Gasteiger partial charge on any atom is -0.331 e. The first-order valence-electron chi connectivity index (χ1n) is 8.35. The highest BCUT2D eigenvalue weighted by Gasteiger charge is 2.32. The summed E-state index contributed by atoms with van der Waals surface area (Å²) in [4.78, 5) is 25.9. The largest absolute Gasteiger partial charge is 0.331 e. The molecule has 126 valence electrons. The Kier molecular flexibility index (Phi) is 4.62. The lowest BCUT2D eigenvalue weighted by atomic mass is 10.0. The molecule has 2 heterocycles. The van der Waals surface area contributed by atoms with Crippen LogP contribution in [0.3, 0.4) is 0 Å². The fourth-order valence-electron chi connectivity index (χ4n) is 3.10. The minimum absolute atomic E-state index is 0.111. The molecule has 1 aromatic heterocycles. The molecule has 0 N–H and O–H groups in total. The second kappa shape index (κ2) is 6.69. The van der Waals surface area contributed by atoms with Crippen molar-refractivity contribution in [2.24, 2.45) is 0 Å². The van der Waals surface area contributed by atoms with Gasteiger partial charge in [0.25, 0.3) is 0 Å². The van der Waals surface area contributed by atoms with E-state index in [2.05, 4.69) is 29.0 Å². The zero-order valence-corrected chi connectivity index (χ0v) is 14.8. The lowest BCUT2D eigenvalue weighted by molar-refractivity contribution is -0.137. The van der Waals surface area contributed by atoms with Gasteiger partial charge in [-0.1, -0.05) is 36.8 Å². The van der Waals surface area contributed by atoms with Gasteiger partial charge in [-0.3, -0.25) is 9.69 Å². The van der Waals surface area contributed by atoms with E-state index in [-0.39, 0.29) is 11.9 Å². The Bertz CT molecular complexity index is 740. The molecule has 0 radical (unpaired) electrons. The summed E-state index contributed by atoms with van der Waals surface area (Å²) in [6.45, 7) is 5.25. The highest BCUT2D eigenvalue weighted by molar-refractivity contribution is 5.83. The smallest absolute Gasteiger partial charge is 0.245 e. The molecule has 0 saturated carbocycles. The van der Waals surface area contributed by atoms with E-state index >= 15 is 0 Å². The van der Waals surface area contributed by atoms with Gasteiger partial charge in [-0.15, -0.1) is 0 Å². The van der Waals surface area contributed by atoms with Gasteiger partial charge in [0.15, 0.2) is 0 Å². The van der Waals surface area contributed by atoms with Gasteiger partial charge in [0.05, 0.1) is 12.2 Å². The van der Waals surface area contributed by atoms with Crippen LogP contribution < -0.4 is 0 Å². The fourth-order valence-corrected chi connectivity index (χ4v) is 3.10. The molecule has 1 atom stereocenters. The molecule has 1 aliphatic heterocycles. The van der Waals surface area contributed by atoms with Crippen molar-refractivity contribution in [2.75, 3.05) is 14.1 Å². The number of nitrogens with zero attached hydrogens (tertiary/aromatic N) is 4. The Hall–Kier alpha value is -2.27. The number of carbonyl (C=O) groups is 1. The van der Waals surface area contributed by atoms with Gasteiger partial charge < -0.3 is 4.90 Å². The number of fused-ring (bicyclic) bond motifs is 1. The Balaban J connectivity index is 1.83. The molecule has 0 fully saturated rings. The molecule has 0 bridgehead atoms. The van der Waals surface area contributed by atoms with E-state index in [0.717, 1.165) is 29.1 Å². The number of aryl methyl sites for hydroxylation is 2. The summed E-state index contributed by atoms with van der Waals surface area (Å²) in [5.41, 5.74) is 4.25. The van der Waals surface area contributed by atoms with Gasteiger partial charge in [0.1, 0.15) is 11.9 Å². The molecule has 3 rings (SSSR count). The van der Waals surface area contributed by atoms with Crippen LogP contribution in [-0.4, -0.2) is 39.8 Å². The number of aromatic nitrogens is 2. The van der Waals surface area contributed by atoms with Crippen molar-refractivity contribution in [3.8, 4) is 0 Å². The van der Waals surface area contributed by atoms with Crippen LogP contribution in [0.2, 0.25) is 0 Å². The van der Waals surface area contributed by atoms with Crippen molar-refractivity contribution in [1.29, 1.82) is 0 Å². The maximum absolute atomic E-state index is 13.1. The van der Waals surface area contributed by atoms with Crippen molar-refractivity contribution in [1.82, 2.24) is 19.8 Å². The molecule has 0 aliphatic carbocycles. The molecular formula is C19H24N4O. The average molecular weight is 324 g/mol. The molecule has 24 heavy (non-hydrogen) atoms. The highest BCUT2D eigenvalue weighted by atomic mass is 16.2. The van der Waals surface area contributed by atoms with E-state index in [9.17, 15) is 4.79 Å². The van der Waals surface area contributed by atoms with Gasteiger partial charge in [-0.2, -0.15) is 0 Å². The van der Waals surface area contributed by atoms with Crippen LogP contribution in [0, 0.1) is 6.92 Å². The zero-order chi connectivity index (χ0) is 17.3. The molecular weight excluding hydrogens is 300 g/mol. The van der Waals surface area contributed by atoms with Crippen LogP contribution in [0.15, 0.2) is 30.5 Å². The van der Waals surface area contributed by atoms with E-state index in [0.29, 0.717) is 13.1 Å². The number of carbonyl (C=O) groups excluding carboxylic acids is 1. The number of hydrogen-bond donors (Lipinski definition) is 0. The second-order valence-electron chi connectivity index (χ2n) is 6.58. The Labute approximate surface area is 143 Å². The summed E-state index contributed by atoms with van der Waals surface area (Å²) in [5, 5.41) is 0. The van der Waals surface area contributed by atoms with Crippen LogP contribution in [-0.2, 0) is 24.3 Å². The van der Waals surface area contributed by atoms with Crippen molar-refractivity contribution >= 4 is 5.91 Å². The van der Waals surface area contributed by atoms with Crippen molar-refractivity contribution in [2.45, 2.75) is 39.4 Å². The molecule has 0 unspecified atom stereocenters. The normalized spacial score (nSPS) is 14.8. The maximum Gasteiger partial charge on any atom is 0.245 e. The molecule has 5 nitrogen and oxygen atoms in total. The van der Waals surface area contributed by atoms with Crippen LogP contribution in [0.5, 0.6) is 0 Å². The molecule has 1 aliphatic rings. The average Bonchev–Trinajstić information content (AvgIpc) is 2.99. The third-order valence-electron chi connectivity index (χ3n) is 4.48. The van der Waals surface area contributed by atoms with Crippen LogP contribution >= 0.6 is 0 Å². The first-order valence-corrected chi connectivity index (χ1v) is 8.35. The third kappa shape index (κ3) is 3.17. The number of rotatable bonds is 4. The van der Waals surface area contributed by atoms with Gasteiger partial charge in [-0.25, -0.2) is 9.97 Å². The first kappa shape index (κ1) is 16.6. The summed E-state index contributed by atoms with van der Waals surface area (Å²) in [5.74, 6) is 0.950. The molecule has 1 amide bonds. The molecule has 2 aromatic rings. The summed E-state index contributed by atoms with van der Waals surface area (Å²) in [7, 11) is 3.89. The molecule has 5 heteroatoms. The molecule has 0 saturated heterocycles. The number of hydrogen-bond acceptors (Lipinski definition) is 4. The summed E-state index contributed by atoms with van der Waals surface area (Å²) < 4.78 is 0. The summed E-state index contributed by atoms with van der Waals surface area (Å²) >= 11 is 0. The third-order valence-corrected chi connectivity index (χ3v) is 4.48. The zero-order valence-electron chi connectivity index (χ0n) is 14.8. The van der Waals surface area contributed by atoms with Gasteiger partial charge in [-0.05, 0) is 26.6 Å². The number of likely N-dealkylation sites (N-methyl/N-ethyl adjacent to an activating group) is 1. The van der Waals surface area contributed by atoms with E-state index < -0.39 is 0 Å². The minimum atomic E-state index is -0.279. The highest BCUT2D eigenvalue weighted by Crippen LogP contribution is 2.27. The van der Waals surface area contributed by atoms with Gasteiger partial charge >= 0.3 is 0 Å². The van der Waals surface area contributed by atoms with Gasteiger partial charge in [0.2, 0.25) is 5.91 Å². The Morgan fingerprint density at radius 1 is 1.25 bits per heavy atom. The van der Waals surface area contributed by atoms with E-state index in [1.807, 2.05) is 49.1 Å². The fraction of sp³-hybridized carbons (Fsp3) is 0.421. The summed E-state index contributed by atoms with van der Waals surface area (Å²) in [6.07, 6.45) is 2.68. The first-order chi connectivity index (χ1) is 11.5. The van der Waals surface area contributed by atoms with E-state index in [4.69, 9.17) is 0 Å². The monoisotopic (exact) mass is 324 g/mol. The molecule has 1 aromatic carbocycles. The topological polar surface area (TPSA) is 49.3 Å². The predicted octanol–water partition coefficient (Wildman–Crippen LogP) is 2.49.